The molecule has 0 atom stereocenters. The van der Waals surface area contributed by atoms with Crippen molar-refractivity contribution in [2.75, 3.05) is 26.7 Å². The number of likely N-dealkylation sites (tertiary alicyclic amines) is 1. The van der Waals surface area contributed by atoms with Crippen LogP contribution < -0.4 is 10.1 Å². The van der Waals surface area contributed by atoms with Crippen molar-refractivity contribution in [2.24, 2.45) is 5.92 Å². The Labute approximate surface area is 177 Å². The molecule has 1 saturated heterocycles. The minimum atomic E-state index is -0.0279. The van der Waals surface area contributed by atoms with Crippen LogP contribution in [0.25, 0.3) is 10.8 Å². The van der Waals surface area contributed by atoms with Gasteiger partial charge in [0.05, 0.1) is 0 Å². The minimum Gasteiger partial charge on any atom is -0.486 e. The number of nitrogens with zero attached hydrogens (tertiary/aromatic N) is 1. The van der Waals surface area contributed by atoms with Gasteiger partial charge in [-0.15, -0.1) is 12.4 Å². The van der Waals surface area contributed by atoms with Crippen LogP contribution in [0.3, 0.4) is 0 Å². The van der Waals surface area contributed by atoms with E-state index in [9.17, 15) is 4.79 Å². The smallest absolute Gasteiger partial charge is 0.289 e. The first-order valence-electron chi connectivity index (χ1n) is 9.87. The van der Waals surface area contributed by atoms with Crippen molar-refractivity contribution in [1.82, 2.24) is 10.2 Å². The maximum absolute atomic E-state index is 12.7. The van der Waals surface area contributed by atoms with E-state index in [1.165, 1.54) is 5.39 Å². The SMILES string of the molecule is CNCC1CCN(C(=O)c2ccc(COc3ccc4ccccc4c3)o2)CC1.Cl. The molecule has 0 spiro atoms. The van der Waals surface area contributed by atoms with E-state index in [1.54, 1.807) is 6.07 Å². The molecule has 6 heteroatoms. The van der Waals surface area contributed by atoms with Gasteiger partial charge < -0.3 is 19.4 Å². The Kier molecular flexibility index (Phi) is 7.18. The van der Waals surface area contributed by atoms with Gasteiger partial charge in [-0.2, -0.15) is 0 Å². The van der Waals surface area contributed by atoms with Crippen molar-refractivity contribution >= 4 is 29.1 Å². The summed E-state index contributed by atoms with van der Waals surface area (Å²) >= 11 is 0. The van der Waals surface area contributed by atoms with Crippen LogP contribution in [0.4, 0.5) is 0 Å². The first-order valence-corrected chi connectivity index (χ1v) is 9.87. The fourth-order valence-corrected chi connectivity index (χ4v) is 3.77. The second-order valence-corrected chi connectivity index (χ2v) is 7.36. The maximum atomic E-state index is 12.7. The number of nitrogens with one attached hydrogen (secondary N) is 1. The Bertz CT molecular complexity index is 948. The minimum absolute atomic E-state index is 0. The fourth-order valence-electron chi connectivity index (χ4n) is 3.77. The number of rotatable bonds is 6. The highest BCUT2D eigenvalue weighted by atomic mass is 35.5. The number of carbonyl (C=O) groups excluding carboxylic acids is 1. The molecule has 0 bridgehead atoms. The van der Waals surface area contributed by atoms with Gasteiger partial charge in [-0.1, -0.05) is 30.3 Å². The summed E-state index contributed by atoms with van der Waals surface area (Å²) in [6.45, 7) is 2.89. The largest absolute Gasteiger partial charge is 0.486 e. The van der Waals surface area contributed by atoms with E-state index in [-0.39, 0.29) is 18.3 Å². The van der Waals surface area contributed by atoms with Crippen molar-refractivity contribution in [3.05, 3.63) is 66.1 Å². The summed E-state index contributed by atoms with van der Waals surface area (Å²) in [5.74, 6) is 2.46. The van der Waals surface area contributed by atoms with Crippen LogP contribution in [0.15, 0.2) is 59.0 Å². The topological polar surface area (TPSA) is 54.7 Å². The molecule has 1 N–H and O–H groups in total. The van der Waals surface area contributed by atoms with E-state index in [1.807, 2.05) is 48.3 Å². The van der Waals surface area contributed by atoms with Gasteiger partial charge in [0.2, 0.25) is 0 Å². The van der Waals surface area contributed by atoms with Crippen molar-refractivity contribution in [2.45, 2.75) is 19.4 Å². The third kappa shape index (κ3) is 5.11. The highest BCUT2D eigenvalue weighted by molar-refractivity contribution is 5.91. The van der Waals surface area contributed by atoms with E-state index in [2.05, 4.69) is 17.4 Å². The predicted octanol–water partition coefficient (Wildman–Crippen LogP) is 4.51. The van der Waals surface area contributed by atoms with E-state index in [0.29, 0.717) is 24.0 Å². The summed E-state index contributed by atoms with van der Waals surface area (Å²) in [4.78, 5) is 14.6. The Morgan fingerprint density at radius 3 is 2.62 bits per heavy atom. The third-order valence-electron chi connectivity index (χ3n) is 5.37. The van der Waals surface area contributed by atoms with Crippen LogP contribution in [-0.4, -0.2) is 37.5 Å². The van der Waals surface area contributed by atoms with Crippen molar-refractivity contribution < 1.29 is 13.9 Å². The molecule has 5 nitrogen and oxygen atoms in total. The summed E-state index contributed by atoms with van der Waals surface area (Å²) in [5, 5.41) is 5.53. The van der Waals surface area contributed by atoms with E-state index >= 15 is 0 Å². The van der Waals surface area contributed by atoms with Crippen LogP contribution in [-0.2, 0) is 6.61 Å². The number of piperidine rings is 1. The third-order valence-corrected chi connectivity index (χ3v) is 5.37. The van der Waals surface area contributed by atoms with Gasteiger partial charge in [0.15, 0.2) is 5.76 Å². The summed E-state index contributed by atoms with van der Waals surface area (Å²) in [7, 11) is 1.97. The molecule has 0 radical (unpaired) electrons. The number of hydrogen-bond donors (Lipinski definition) is 1. The number of furan rings is 1. The summed E-state index contributed by atoms with van der Waals surface area (Å²) < 4.78 is 11.6. The van der Waals surface area contributed by atoms with E-state index < -0.39 is 0 Å². The lowest BCUT2D eigenvalue weighted by molar-refractivity contribution is 0.0655. The summed E-state index contributed by atoms with van der Waals surface area (Å²) in [5.41, 5.74) is 0. The lowest BCUT2D eigenvalue weighted by atomic mass is 9.97. The number of amides is 1. The molecular formula is C23H27ClN2O3. The molecule has 1 aliphatic rings. The predicted molar refractivity (Wildman–Crippen MR) is 117 cm³/mol. The molecule has 0 unspecified atom stereocenters. The molecule has 0 aliphatic carbocycles. The molecule has 0 saturated carbocycles. The molecule has 1 amide bonds. The van der Waals surface area contributed by atoms with Gasteiger partial charge >= 0.3 is 0 Å². The standard InChI is InChI=1S/C23H26N2O3.ClH/c1-24-15-17-10-12-25(13-11-17)23(26)22-9-8-21(28-22)16-27-20-7-6-18-4-2-3-5-19(18)14-20;/h2-9,14,17,24H,10-13,15-16H2,1H3;1H. The second-order valence-electron chi connectivity index (χ2n) is 7.36. The molecule has 2 aromatic carbocycles. The Hall–Kier alpha value is -2.50. The maximum Gasteiger partial charge on any atom is 0.289 e. The quantitative estimate of drug-likeness (QED) is 0.645. The number of benzene rings is 2. The molecular weight excluding hydrogens is 388 g/mol. The van der Waals surface area contributed by atoms with Gasteiger partial charge in [0.25, 0.3) is 5.91 Å². The van der Waals surface area contributed by atoms with Crippen molar-refractivity contribution in [3.63, 3.8) is 0 Å². The van der Waals surface area contributed by atoms with Crippen LogP contribution in [0.2, 0.25) is 0 Å². The van der Waals surface area contributed by atoms with Crippen molar-refractivity contribution in [1.29, 1.82) is 0 Å². The average Bonchev–Trinajstić information content (AvgIpc) is 3.21. The summed E-state index contributed by atoms with van der Waals surface area (Å²) in [6.07, 6.45) is 2.07. The molecule has 154 valence electrons. The van der Waals surface area contributed by atoms with Crippen molar-refractivity contribution in [3.8, 4) is 5.75 Å². The van der Waals surface area contributed by atoms with E-state index in [4.69, 9.17) is 9.15 Å². The Morgan fingerprint density at radius 2 is 1.86 bits per heavy atom. The van der Waals surface area contributed by atoms with Gasteiger partial charge in [-0.05, 0) is 67.4 Å². The molecule has 29 heavy (non-hydrogen) atoms. The van der Waals surface area contributed by atoms with E-state index in [0.717, 1.165) is 43.6 Å². The zero-order chi connectivity index (χ0) is 19.3. The molecule has 1 aromatic heterocycles. The number of hydrogen-bond acceptors (Lipinski definition) is 4. The molecule has 1 fully saturated rings. The summed E-state index contributed by atoms with van der Waals surface area (Å²) in [6, 6.07) is 17.7. The zero-order valence-corrected chi connectivity index (χ0v) is 17.4. The molecule has 1 aliphatic heterocycles. The van der Waals surface area contributed by atoms with Gasteiger partial charge in [-0.3, -0.25) is 4.79 Å². The molecule has 2 heterocycles. The van der Waals surface area contributed by atoms with Gasteiger partial charge in [0.1, 0.15) is 18.1 Å². The average molecular weight is 415 g/mol. The first-order chi connectivity index (χ1) is 13.7. The number of halogens is 1. The first kappa shape index (κ1) is 21.2. The number of fused-ring (bicyclic) bond motifs is 1. The monoisotopic (exact) mass is 414 g/mol. The zero-order valence-electron chi connectivity index (χ0n) is 16.6. The number of carbonyl (C=O) groups is 1. The Balaban J connectivity index is 0.00000240. The van der Waals surface area contributed by atoms with Crippen LogP contribution >= 0.6 is 12.4 Å². The normalized spacial score (nSPS) is 14.6. The highest BCUT2D eigenvalue weighted by Crippen LogP contribution is 2.23. The van der Waals surface area contributed by atoms with Gasteiger partial charge in [-0.25, -0.2) is 0 Å². The highest BCUT2D eigenvalue weighted by Gasteiger charge is 2.25. The lowest BCUT2D eigenvalue weighted by Gasteiger charge is -2.31. The van der Waals surface area contributed by atoms with Gasteiger partial charge in [0, 0.05) is 13.1 Å². The lowest BCUT2D eigenvalue weighted by Crippen LogP contribution is -2.40. The fraction of sp³-hybridized carbons (Fsp3) is 0.348. The second kappa shape index (κ2) is 9.81. The van der Waals surface area contributed by atoms with Crippen LogP contribution in [0.1, 0.15) is 29.2 Å². The number of ether oxygens (including phenoxy) is 1. The van der Waals surface area contributed by atoms with Crippen LogP contribution in [0, 0.1) is 5.92 Å². The molecule has 3 aromatic rings. The molecule has 4 rings (SSSR count). The Morgan fingerprint density at radius 1 is 1.10 bits per heavy atom. The van der Waals surface area contributed by atoms with Crippen LogP contribution in [0.5, 0.6) is 5.75 Å².